The molecule has 0 fully saturated rings. The average molecular weight is 232 g/mol. The maximum Gasteiger partial charge on any atom is 0.146 e. The first kappa shape index (κ1) is 9.64. The zero-order valence-corrected chi connectivity index (χ0v) is 8.37. The largest absolute Gasteiger partial charge is 0.359 e. The summed E-state index contributed by atoms with van der Waals surface area (Å²) in [5.41, 5.74) is 1.03. The Morgan fingerprint density at radius 3 is 3.00 bits per heavy atom. The van der Waals surface area contributed by atoms with E-state index in [2.05, 4.69) is 20.9 Å². The molecule has 4 heteroatoms. The normalized spacial score (nSPS) is 10.2. The van der Waals surface area contributed by atoms with E-state index in [4.69, 9.17) is 9.47 Å². The highest BCUT2D eigenvalue weighted by Crippen LogP contribution is 2.09. The van der Waals surface area contributed by atoms with Crippen LogP contribution in [0.25, 0.3) is 0 Å². The Hall–Kier alpha value is -0.450. The molecule has 0 saturated heterocycles. The molecule has 3 nitrogen and oxygen atoms in total. The average Bonchev–Trinajstić information content (AvgIpc) is 2.05. The Morgan fingerprint density at radius 2 is 2.33 bits per heavy atom. The predicted octanol–water partition coefficient (Wildman–Crippen LogP) is 1.96. The van der Waals surface area contributed by atoms with Crippen molar-refractivity contribution in [1.29, 1.82) is 0 Å². The zero-order valence-electron chi connectivity index (χ0n) is 6.79. The van der Waals surface area contributed by atoms with Crippen LogP contribution in [0.2, 0.25) is 0 Å². The Balaban J connectivity index is 2.41. The summed E-state index contributed by atoms with van der Waals surface area (Å²) in [5, 5.41) is 0. The number of nitrogens with zero attached hydrogens (tertiary/aromatic N) is 1. The van der Waals surface area contributed by atoms with E-state index in [0.717, 1.165) is 10.0 Å². The molecule has 0 atom stereocenters. The summed E-state index contributed by atoms with van der Waals surface area (Å²) in [6.45, 7) is 0.840. The van der Waals surface area contributed by atoms with Crippen LogP contribution in [0.1, 0.15) is 5.56 Å². The second kappa shape index (κ2) is 5.24. The molecule has 1 aromatic rings. The number of methoxy groups -OCH3 is 1. The molecule has 1 heterocycles. The first-order valence-corrected chi connectivity index (χ1v) is 4.28. The van der Waals surface area contributed by atoms with E-state index < -0.39 is 0 Å². The first-order chi connectivity index (χ1) is 5.83. The quantitative estimate of drug-likeness (QED) is 0.587. The number of halogens is 1. The standard InChI is InChI=1S/C8H10BrNO2/c1-11-6-12-5-7-2-8(9)4-10-3-7/h2-4H,5-6H2,1H3. The monoisotopic (exact) mass is 231 g/mol. The number of ether oxygens (including phenoxy) is 2. The van der Waals surface area contributed by atoms with Crippen LogP contribution in [0.4, 0.5) is 0 Å². The number of aromatic nitrogens is 1. The van der Waals surface area contributed by atoms with E-state index in [0.29, 0.717) is 13.4 Å². The summed E-state index contributed by atoms with van der Waals surface area (Å²) in [6, 6.07) is 1.96. The van der Waals surface area contributed by atoms with E-state index in [1.807, 2.05) is 6.07 Å². The van der Waals surface area contributed by atoms with E-state index in [1.165, 1.54) is 0 Å². The van der Waals surface area contributed by atoms with Crippen LogP contribution < -0.4 is 0 Å². The van der Waals surface area contributed by atoms with Crippen molar-refractivity contribution in [2.75, 3.05) is 13.9 Å². The zero-order chi connectivity index (χ0) is 8.81. The number of rotatable bonds is 4. The molecule has 0 aliphatic carbocycles. The third-order valence-electron chi connectivity index (χ3n) is 1.23. The third-order valence-corrected chi connectivity index (χ3v) is 1.67. The van der Waals surface area contributed by atoms with Gasteiger partial charge in [0.05, 0.1) is 6.61 Å². The predicted molar refractivity (Wildman–Crippen MR) is 48.6 cm³/mol. The van der Waals surface area contributed by atoms with Crippen molar-refractivity contribution in [1.82, 2.24) is 4.98 Å². The van der Waals surface area contributed by atoms with Gasteiger partial charge in [0.15, 0.2) is 0 Å². The Morgan fingerprint density at radius 1 is 1.50 bits per heavy atom. The molecule has 0 unspecified atom stereocenters. The van der Waals surface area contributed by atoms with Gasteiger partial charge in [-0.3, -0.25) is 4.98 Å². The topological polar surface area (TPSA) is 31.4 Å². The molecule has 0 bridgehead atoms. The molecule has 0 saturated carbocycles. The number of hydrogen-bond acceptors (Lipinski definition) is 3. The van der Waals surface area contributed by atoms with Crippen LogP contribution in [0, 0.1) is 0 Å². The van der Waals surface area contributed by atoms with Crippen molar-refractivity contribution in [2.45, 2.75) is 6.61 Å². The summed E-state index contributed by atoms with van der Waals surface area (Å²) in [4.78, 5) is 4.00. The SMILES string of the molecule is COCOCc1cncc(Br)c1. The minimum absolute atomic E-state index is 0.312. The second-order valence-corrected chi connectivity index (χ2v) is 3.18. The van der Waals surface area contributed by atoms with Crippen LogP contribution in [-0.2, 0) is 16.1 Å². The van der Waals surface area contributed by atoms with E-state index in [-0.39, 0.29) is 0 Å². The lowest BCUT2D eigenvalue weighted by Crippen LogP contribution is -1.97. The van der Waals surface area contributed by atoms with Crippen molar-refractivity contribution in [3.8, 4) is 0 Å². The minimum atomic E-state index is 0.312. The fraction of sp³-hybridized carbons (Fsp3) is 0.375. The number of hydrogen-bond donors (Lipinski definition) is 0. The highest BCUT2D eigenvalue weighted by atomic mass is 79.9. The smallest absolute Gasteiger partial charge is 0.146 e. The summed E-state index contributed by atoms with van der Waals surface area (Å²) in [6.07, 6.45) is 3.50. The van der Waals surface area contributed by atoms with Crippen molar-refractivity contribution in [2.24, 2.45) is 0 Å². The van der Waals surface area contributed by atoms with Crippen LogP contribution in [0.15, 0.2) is 22.9 Å². The Kier molecular flexibility index (Phi) is 4.21. The fourth-order valence-electron chi connectivity index (χ4n) is 0.778. The lowest BCUT2D eigenvalue weighted by atomic mass is 10.3. The van der Waals surface area contributed by atoms with Crippen molar-refractivity contribution in [3.63, 3.8) is 0 Å². The second-order valence-electron chi connectivity index (χ2n) is 2.27. The molecule has 66 valence electrons. The van der Waals surface area contributed by atoms with Gasteiger partial charge in [-0.25, -0.2) is 0 Å². The van der Waals surface area contributed by atoms with E-state index in [1.54, 1.807) is 19.5 Å². The van der Waals surface area contributed by atoms with Gasteiger partial charge in [0, 0.05) is 24.0 Å². The highest BCUT2D eigenvalue weighted by molar-refractivity contribution is 9.10. The van der Waals surface area contributed by atoms with Gasteiger partial charge in [-0.2, -0.15) is 0 Å². The highest BCUT2D eigenvalue weighted by Gasteiger charge is 1.93. The molecule has 0 spiro atoms. The summed E-state index contributed by atoms with van der Waals surface area (Å²) < 4.78 is 10.8. The third kappa shape index (κ3) is 3.30. The minimum Gasteiger partial charge on any atom is -0.359 e. The van der Waals surface area contributed by atoms with Gasteiger partial charge in [0.2, 0.25) is 0 Å². The van der Waals surface area contributed by atoms with Gasteiger partial charge in [0.1, 0.15) is 6.79 Å². The van der Waals surface area contributed by atoms with Gasteiger partial charge < -0.3 is 9.47 Å². The van der Waals surface area contributed by atoms with Gasteiger partial charge in [-0.05, 0) is 27.6 Å². The molecule has 1 aromatic heterocycles. The molecular formula is C8H10BrNO2. The van der Waals surface area contributed by atoms with Crippen LogP contribution >= 0.6 is 15.9 Å². The lowest BCUT2D eigenvalue weighted by molar-refractivity contribution is -0.0391. The Bertz CT molecular complexity index is 242. The number of pyridine rings is 1. The van der Waals surface area contributed by atoms with Gasteiger partial charge in [-0.15, -0.1) is 0 Å². The molecule has 0 aliphatic heterocycles. The Labute approximate surface area is 79.8 Å². The molecular weight excluding hydrogens is 222 g/mol. The first-order valence-electron chi connectivity index (χ1n) is 3.49. The molecule has 0 radical (unpaired) electrons. The van der Waals surface area contributed by atoms with Crippen molar-refractivity contribution >= 4 is 15.9 Å². The maximum atomic E-state index is 5.14. The molecule has 0 aromatic carbocycles. The van der Waals surface area contributed by atoms with Gasteiger partial charge in [0.25, 0.3) is 0 Å². The molecule has 0 aliphatic rings. The van der Waals surface area contributed by atoms with E-state index >= 15 is 0 Å². The summed E-state index contributed by atoms with van der Waals surface area (Å²) in [7, 11) is 1.60. The fourth-order valence-corrected chi connectivity index (χ4v) is 1.19. The van der Waals surface area contributed by atoms with Gasteiger partial charge in [-0.1, -0.05) is 0 Å². The molecule has 0 N–H and O–H groups in total. The maximum absolute atomic E-state index is 5.14. The lowest BCUT2D eigenvalue weighted by Gasteiger charge is -2.02. The van der Waals surface area contributed by atoms with Gasteiger partial charge >= 0.3 is 0 Å². The molecule has 12 heavy (non-hydrogen) atoms. The van der Waals surface area contributed by atoms with Crippen molar-refractivity contribution < 1.29 is 9.47 Å². The van der Waals surface area contributed by atoms with Crippen LogP contribution in [0.5, 0.6) is 0 Å². The van der Waals surface area contributed by atoms with Crippen molar-refractivity contribution in [3.05, 3.63) is 28.5 Å². The van der Waals surface area contributed by atoms with Crippen LogP contribution in [-0.4, -0.2) is 18.9 Å². The van der Waals surface area contributed by atoms with Crippen LogP contribution in [0.3, 0.4) is 0 Å². The summed E-state index contributed by atoms with van der Waals surface area (Å²) >= 11 is 3.32. The summed E-state index contributed by atoms with van der Waals surface area (Å²) in [5.74, 6) is 0. The molecule has 1 rings (SSSR count). The van der Waals surface area contributed by atoms with E-state index in [9.17, 15) is 0 Å². The molecule has 0 amide bonds.